The van der Waals surface area contributed by atoms with Crippen LogP contribution in [0.4, 0.5) is 5.69 Å². The van der Waals surface area contributed by atoms with Crippen LogP contribution in [0.1, 0.15) is 22.7 Å². The molecular formula is C25H20BrN3O2S2. The highest BCUT2D eigenvalue weighted by Gasteiger charge is 2.41. The van der Waals surface area contributed by atoms with Crippen LogP contribution in [0.15, 0.2) is 88.8 Å². The molecule has 0 aliphatic carbocycles. The number of methoxy groups -OCH3 is 1. The Hall–Kier alpha value is -2.94. The summed E-state index contributed by atoms with van der Waals surface area (Å²) in [4.78, 5) is 7.95. The number of thiocarbonyl (C=S) groups is 1. The number of hydrogen-bond acceptors (Lipinski definition) is 5. The van der Waals surface area contributed by atoms with Crippen molar-refractivity contribution >= 4 is 50.3 Å². The molecule has 1 N–H and O–H groups in total. The Kier molecular flexibility index (Phi) is 6.30. The zero-order valence-corrected chi connectivity index (χ0v) is 20.9. The molecule has 0 saturated carbocycles. The number of aromatic nitrogens is 1. The summed E-state index contributed by atoms with van der Waals surface area (Å²) in [5, 5.41) is 6.25. The second-order valence-corrected chi connectivity index (χ2v) is 9.68. The summed E-state index contributed by atoms with van der Waals surface area (Å²) < 4.78 is 12.3. The molecule has 8 heteroatoms. The molecule has 33 heavy (non-hydrogen) atoms. The van der Waals surface area contributed by atoms with E-state index < -0.39 is 0 Å². The molecule has 5 nitrogen and oxygen atoms in total. The molecule has 2 aromatic carbocycles. The van der Waals surface area contributed by atoms with E-state index in [1.807, 2.05) is 72.9 Å². The highest BCUT2D eigenvalue weighted by atomic mass is 79.9. The standard InChI is InChI=1S/C25H20BrN3O2S2/c1-30-18-9-11-20(12-10-18)31-19-7-5-17(6-8-19)29-24(22-14-16(26)15-33-22)23(28-25(29)32)21-4-2-3-13-27-21/h2-15,23-24H,1H3,(H,28,32). The van der Waals surface area contributed by atoms with Gasteiger partial charge in [0.1, 0.15) is 17.2 Å². The summed E-state index contributed by atoms with van der Waals surface area (Å²) in [7, 11) is 1.65. The average Bonchev–Trinajstić information content (AvgIpc) is 3.43. The van der Waals surface area contributed by atoms with Gasteiger partial charge in [0.05, 0.1) is 24.9 Å². The highest BCUT2D eigenvalue weighted by Crippen LogP contribution is 2.44. The van der Waals surface area contributed by atoms with E-state index in [1.54, 1.807) is 18.4 Å². The largest absolute Gasteiger partial charge is 0.497 e. The van der Waals surface area contributed by atoms with Gasteiger partial charge in [0.2, 0.25) is 0 Å². The van der Waals surface area contributed by atoms with Gasteiger partial charge in [0.25, 0.3) is 0 Å². The Morgan fingerprint density at radius 1 is 1.00 bits per heavy atom. The van der Waals surface area contributed by atoms with E-state index in [4.69, 9.17) is 21.7 Å². The number of ether oxygens (including phenoxy) is 2. The normalized spacial score (nSPS) is 17.6. The average molecular weight is 538 g/mol. The highest BCUT2D eigenvalue weighted by molar-refractivity contribution is 9.10. The first-order valence-electron chi connectivity index (χ1n) is 10.3. The van der Waals surface area contributed by atoms with Gasteiger partial charge >= 0.3 is 0 Å². The van der Waals surface area contributed by atoms with Gasteiger partial charge in [0, 0.05) is 26.6 Å². The molecule has 2 atom stereocenters. The smallest absolute Gasteiger partial charge is 0.174 e. The van der Waals surface area contributed by atoms with E-state index >= 15 is 0 Å². The van der Waals surface area contributed by atoms with Gasteiger partial charge in [-0.25, -0.2) is 0 Å². The molecule has 1 fully saturated rings. The van der Waals surface area contributed by atoms with Crippen LogP contribution in [0.5, 0.6) is 17.2 Å². The van der Waals surface area contributed by atoms with Gasteiger partial charge in [-0.1, -0.05) is 6.07 Å². The van der Waals surface area contributed by atoms with Crippen LogP contribution >= 0.6 is 39.5 Å². The maximum Gasteiger partial charge on any atom is 0.174 e. The molecule has 166 valence electrons. The number of benzene rings is 2. The van der Waals surface area contributed by atoms with Crippen LogP contribution in [-0.2, 0) is 0 Å². The molecule has 0 bridgehead atoms. The van der Waals surface area contributed by atoms with Crippen LogP contribution < -0.4 is 19.7 Å². The molecular weight excluding hydrogens is 518 g/mol. The fourth-order valence-corrected chi connectivity index (χ4v) is 5.78. The summed E-state index contributed by atoms with van der Waals surface area (Å²) in [6.07, 6.45) is 1.81. The Bertz CT molecular complexity index is 1250. The molecule has 1 aliphatic rings. The van der Waals surface area contributed by atoms with Crippen molar-refractivity contribution in [1.29, 1.82) is 0 Å². The number of thiophene rings is 1. The van der Waals surface area contributed by atoms with Gasteiger partial charge in [-0.2, -0.15) is 0 Å². The molecule has 4 aromatic rings. The molecule has 1 aliphatic heterocycles. The molecule has 3 heterocycles. The first kappa shape index (κ1) is 21.9. The predicted molar refractivity (Wildman–Crippen MR) is 139 cm³/mol. The van der Waals surface area contributed by atoms with Crippen molar-refractivity contribution in [3.63, 3.8) is 0 Å². The number of nitrogens with zero attached hydrogens (tertiary/aromatic N) is 2. The Balaban J connectivity index is 1.44. The molecule has 0 amide bonds. The first-order chi connectivity index (χ1) is 16.1. The fourth-order valence-electron chi connectivity index (χ4n) is 3.86. The van der Waals surface area contributed by atoms with Crippen molar-refractivity contribution in [3.8, 4) is 17.2 Å². The predicted octanol–water partition coefficient (Wildman–Crippen LogP) is 6.88. The van der Waals surface area contributed by atoms with Gasteiger partial charge in [-0.05, 0) is 94.9 Å². The van der Waals surface area contributed by atoms with Crippen molar-refractivity contribution in [2.75, 3.05) is 12.0 Å². The third-order valence-electron chi connectivity index (χ3n) is 5.39. The van der Waals surface area contributed by atoms with Crippen molar-refractivity contribution in [2.45, 2.75) is 12.1 Å². The zero-order chi connectivity index (χ0) is 22.8. The van der Waals surface area contributed by atoms with Gasteiger partial charge in [-0.15, -0.1) is 11.3 Å². The summed E-state index contributed by atoms with van der Waals surface area (Å²) in [6.45, 7) is 0. The first-order valence-corrected chi connectivity index (χ1v) is 12.4. The molecule has 2 unspecified atom stereocenters. The number of halogens is 1. The van der Waals surface area contributed by atoms with Crippen LogP contribution in [-0.4, -0.2) is 17.2 Å². The molecule has 5 rings (SSSR count). The van der Waals surface area contributed by atoms with E-state index in [9.17, 15) is 0 Å². The van der Waals surface area contributed by atoms with Gasteiger partial charge < -0.3 is 19.7 Å². The van der Waals surface area contributed by atoms with E-state index in [2.05, 4.69) is 42.6 Å². The van der Waals surface area contributed by atoms with Crippen molar-refractivity contribution in [2.24, 2.45) is 0 Å². The lowest BCUT2D eigenvalue weighted by atomic mass is 10.0. The Morgan fingerprint density at radius 3 is 2.30 bits per heavy atom. The number of rotatable bonds is 6. The summed E-state index contributed by atoms with van der Waals surface area (Å²) >= 11 is 11.1. The maximum atomic E-state index is 5.99. The minimum atomic E-state index is -0.0560. The SMILES string of the molecule is COc1ccc(Oc2ccc(N3C(=S)NC(c4ccccn4)C3c3cc(Br)cs3)cc2)cc1. The van der Waals surface area contributed by atoms with E-state index in [0.29, 0.717) is 5.11 Å². The lowest BCUT2D eigenvalue weighted by Crippen LogP contribution is -2.28. The maximum absolute atomic E-state index is 5.99. The van der Waals surface area contributed by atoms with Crippen LogP contribution in [0.2, 0.25) is 0 Å². The third-order valence-corrected chi connectivity index (χ3v) is 7.47. The molecule has 2 aromatic heterocycles. The lowest BCUT2D eigenvalue weighted by molar-refractivity contribution is 0.413. The Morgan fingerprint density at radius 2 is 1.70 bits per heavy atom. The quantitative estimate of drug-likeness (QED) is 0.270. The monoisotopic (exact) mass is 537 g/mol. The third kappa shape index (κ3) is 4.59. The lowest BCUT2D eigenvalue weighted by Gasteiger charge is -2.27. The fraction of sp³-hybridized carbons (Fsp3) is 0.120. The molecule has 0 spiro atoms. The number of nitrogens with one attached hydrogen (secondary N) is 1. The number of pyridine rings is 1. The minimum absolute atomic E-state index is 0.0166. The summed E-state index contributed by atoms with van der Waals surface area (Å²) in [5.41, 5.74) is 1.94. The zero-order valence-electron chi connectivity index (χ0n) is 17.6. The second kappa shape index (κ2) is 9.51. The van der Waals surface area contributed by atoms with Crippen molar-refractivity contribution < 1.29 is 9.47 Å². The van der Waals surface area contributed by atoms with Crippen molar-refractivity contribution in [1.82, 2.24) is 10.3 Å². The van der Waals surface area contributed by atoms with Gasteiger partial charge in [-0.3, -0.25) is 4.98 Å². The van der Waals surface area contributed by atoms with E-state index in [1.165, 1.54) is 4.88 Å². The summed E-state index contributed by atoms with van der Waals surface area (Å²) in [6, 6.07) is 23.5. The summed E-state index contributed by atoms with van der Waals surface area (Å²) in [5.74, 6) is 2.29. The van der Waals surface area contributed by atoms with Crippen LogP contribution in [0.25, 0.3) is 0 Å². The topological polar surface area (TPSA) is 46.6 Å². The van der Waals surface area contributed by atoms with E-state index in [0.717, 1.165) is 33.1 Å². The minimum Gasteiger partial charge on any atom is -0.497 e. The van der Waals surface area contributed by atoms with Crippen LogP contribution in [0, 0.1) is 0 Å². The second-order valence-electron chi connectivity index (χ2n) is 7.44. The van der Waals surface area contributed by atoms with E-state index in [-0.39, 0.29) is 12.1 Å². The van der Waals surface area contributed by atoms with Crippen molar-refractivity contribution in [3.05, 3.63) is 99.4 Å². The molecule has 1 saturated heterocycles. The number of anilines is 1. The van der Waals surface area contributed by atoms with Gasteiger partial charge in [0.15, 0.2) is 5.11 Å². The molecule has 0 radical (unpaired) electrons. The Labute approximate surface area is 210 Å². The van der Waals surface area contributed by atoms with Crippen LogP contribution in [0.3, 0.4) is 0 Å². The number of hydrogen-bond donors (Lipinski definition) is 1.